The number of benzene rings is 1. The standard InChI is InChI=1S/C12H15NO2S/c1-12(2,3)16(14,15)9-11-6-4-10(8-13)5-7-11/h4-7H,9H2,1-3H3. The summed E-state index contributed by atoms with van der Waals surface area (Å²) in [6, 6.07) is 8.63. The summed E-state index contributed by atoms with van der Waals surface area (Å²) < 4.78 is 23.1. The third kappa shape index (κ3) is 2.83. The summed E-state index contributed by atoms with van der Waals surface area (Å²) in [7, 11) is -3.15. The monoisotopic (exact) mass is 237 g/mol. The van der Waals surface area contributed by atoms with Crippen LogP contribution in [0.1, 0.15) is 31.9 Å². The number of hydrogen-bond donors (Lipinski definition) is 0. The second kappa shape index (κ2) is 4.26. The fraction of sp³-hybridized carbons (Fsp3) is 0.417. The number of nitriles is 1. The lowest BCUT2D eigenvalue weighted by Gasteiger charge is -2.19. The van der Waals surface area contributed by atoms with Crippen LogP contribution in [0.3, 0.4) is 0 Å². The normalized spacial score (nSPS) is 12.1. The van der Waals surface area contributed by atoms with Gasteiger partial charge in [-0.1, -0.05) is 12.1 Å². The molecule has 0 N–H and O–H groups in total. The maximum atomic E-state index is 11.9. The first kappa shape index (κ1) is 12.7. The molecule has 3 nitrogen and oxygen atoms in total. The van der Waals surface area contributed by atoms with Crippen molar-refractivity contribution in [3.8, 4) is 6.07 Å². The molecule has 0 aromatic heterocycles. The minimum absolute atomic E-state index is 0.0161. The van der Waals surface area contributed by atoms with Crippen molar-refractivity contribution in [3.63, 3.8) is 0 Å². The highest BCUT2D eigenvalue weighted by atomic mass is 32.2. The lowest BCUT2D eigenvalue weighted by Crippen LogP contribution is -2.29. The number of nitrogens with zero attached hydrogens (tertiary/aromatic N) is 1. The van der Waals surface area contributed by atoms with Crippen molar-refractivity contribution >= 4 is 9.84 Å². The Balaban J connectivity index is 2.95. The SMILES string of the molecule is CC(C)(C)S(=O)(=O)Cc1ccc(C#N)cc1. The maximum absolute atomic E-state index is 11.9. The third-order valence-corrected chi connectivity index (χ3v) is 4.95. The Morgan fingerprint density at radius 2 is 1.69 bits per heavy atom. The van der Waals surface area contributed by atoms with E-state index in [1.54, 1.807) is 45.0 Å². The Bertz CT molecular complexity index is 501. The number of rotatable bonds is 2. The summed E-state index contributed by atoms with van der Waals surface area (Å²) in [5, 5.41) is 8.62. The van der Waals surface area contributed by atoms with Crippen molar-refractivity contribution in [1.29, 1.82) is 5.26 Å². The summed E-state index contributed by atoms with van der Waals surface area (Å²) in [6.45, 7) is 5.06. The van der Waals surface area contributed by atoms with Gasteiger partial charge in [-0.25, -0.2) is 8.42 Å². The molecule has 0 aliphatic heterocycles. The molecule has 0 radical (unpaired) electrons. The first-order valence-corrected chi connectivity index (χ1v) is 6.63. The molecule has 86 valence electrons. The van der Waals surface area contributed by atoms with Gasteiger partial charge in [0.15, 0.2) is 9.84 Å². The van der Waals surface area contributed by atoms with Gasteiger partial charge in [0.2, 0.25) is 0 Å². The average Bonchev–Trinajstić information content (AvgIpc) is 2.16. The van der Waals surface area contributed by atoms with E-state index in [1.165, 1.54) is 0 Å². The van der Waals surface area contributed by atoms with Gasteiger partial charge in [-0.05, 0) is 38.5 Å². The molecule has 0 spiro atoms. The summed E-state index contributed by atoms with van der Waals surface area (Å²) in [6.07, 6.45) is 0. The maximum Gasteiger partial charge on any atom is 0.159 e. The van der Waals surface area contributed by atoms with E-state index >= 15 is 0 Å². The number of sulfone groups is 1. The van der Waals surface area contributed by atoms with E-state index in [9.17, 15) is 8.42 Å². The first-order chi connectivity index (χ1) is 7.26. The van der Waals surface area contributed by atoms with Crippen LogP contribution in [0.15, 0.2) is 24.3 Å². The Labute approximate surface area is 96.6 Å². The van der Waals surface area contributed by atoms with E-state index in [2.05, 4.69) is 0 Å². The van der Waals surface area contributed by atoms with Gasteiger partial charge in [0.1, 0.15) is 0 Å². The molecule has 1 rings (SSSR count). The third-order valence-electron chi connectivity index (χ3n) is 2.37. The minimum Gasteiger partial charge on any atom is -0.228 e. The molecule has 16 heavy (non-hydrogen) atoms. The quantitative estimate of drug-likeness (QED) is 0.792. The minimum atomic E-state index is -3.15. The molecule has 0 atom stereocenters. The molecule has 0 bridgehead atoms. The Hall–Kier alpha value is -1.34. The molecule has 0 saturated heterocycles. The fourth-order valence-electron chi connectivity index (χ4n) is 1.11. The van der Waals surface area contributed by atoms with Gasteiger partial charge in [0, 0.05) is 0 Å². The Morgan fingerprint density at radius 3 is 2.06 bits per heavy atom. The molecule has 1 aromatic rings. The van der Waals surface area contributed by atoms with Crippen LogP contribution in [0.25, 0.3) is 0 Å². The second-order valence-electron chi connectivity index (χ2n) is 4.68. The van der Waals surface area contributed by atoms with Gasteiger partial charge in [-0.3, -0.25) is 0 Å². The van der Waals surface area contributed by atoms with Crippen molar-refractivity contribution in [1.82, 2.24) is 0 Å². The smallest absolute Gasteiger partial charge is 0.159 e. The van der Waals surface area contributed by atoms with E-state index in [4.69, 9.17) is 5.26 Å². The molecule has 0 heterocycles. The zero-order valence-electron chi connectivity index (χ0n) is 9.69. The lowest BCUT2D eigenvalue weighted by molar-refractivity contribution is 0.559. The van der Waals surface area contributed by atoms with Crippen molar-refractivity contribution in [3.05, 3.63) is 35.4 Å². The van der Waals surface area contributed by atoms with Gasteiger partial charge < -0.3 is 0 Å². The van der Waals surface area contributed by atoms with Gasteiger partial charge in [-0.2, -0.15) is 5.26 Å². The van der Waals surface area contributed by atoms with E-state index in [-0.39, 0.29) is 5.75 Å². The molecule has 4 heteroatoms. The molecule has 0 saturated carbocycles. The van der Waals surface area contributed by atoms with E-state index < -0.39 is 14.6 Å². The van der Waals surface area contributed by atoms with E-state index in [0.29, 0.717) is 11.1 Å². The van der Waals surface area contributed by atoms with Crippen molar-refractivity contribution in [2.24, 2.45) is 0 Å². The van der Waals surface area contributed by atoms with Crippen molar-refractivity contribution in [2.75, 3.05) is 0 Å². The van der Waals surface area contributed by atoms with Crippen LogP contribution in [-0.2, 0) is 15.6 Å². The predicted octanol–water partition coefficient (Wildman–Crippen LogP) is 2.27. The molecule has 0 fully saturated rings. The topological polar surface area (TPSA) is 57.9 Å². The molecule has 0 aliphatic rings. The Morgan fingerprint density at radius 1 is 1.19 bits per heavy atom. The van der Waals surface area contributed by atoms with Crippen LogP contribution in [0.4, 0.5) is 0 Å². The van der Waals surface area contributed by atoms with Crippen LogP contribution in [0.5, 0.6) is 0 Å². The van der Waals surface area contributed by atoms with Crippen molar-refractivity contribution < 1.29 is 8.42 Å². The summed E-state index contributed by atoms with van der Waals surface area (Å²) in [4.78, 5) is 0. The van der Waals surface area contributed by atoms with Crippen LogP contribution >= 0.6 is 0 Å². The Kier molecular flexibility index (Phi) is 3.39. The van der Waals surface area contributed by atoms with Gasteiger partial charge in [-0.15, -0.1) is 0 Å². The second-order valence-corrected chi connectivity index (χ2v) is 7.42. The van der Waals surface area contributed by atoms with Gasteiger partial charge >= 0.3 is 0 Å². The highest BCUT2D eigenvalue weighted by Crippen LogP contribution is 2.20. The molecule has 0 amide bonds. The summed E-state index contributed by atoms with van der Waals surface area (Å²) >= 11 is 0. The highest BCUT2D eigenvalue weighted by molar-refractivity contribution is 7.91. The van der Waals surface area contributed by atoms with E-state index in [0.717, 1.165) is 0 Å². The molecule has 1 aromatic carbocycles. The van der Waals surface area contributed by atoms with Crippen LogP contribution in [-0.4, -0.2) is 13.2 Å². The molecular formula is C12H15NO2S. The van der Waals surface area contributed by atoms with Crippen LogP contribution in [0.2, 0.25) is 0 Å². The first-order valence-electron chi connectivity index (χ1n) is 4.97. The van der Waals surface area contributed by atoms with Gasteiger partial charge in [0.25, 0.3) is 0 Å². The highest BCUT2D eigenvalue weighted by Gasteiger charge is 2.28. The molecule has 0 aliphatic carbocycles. The zero-order chi connectivity index (χ0) is 12.4. The van der Waals surface area contributed by atoms with Crippen LogP contribution < -0.4 is 0 Å². The average molecular weight is 237 g/mol. The van der Waals surface area contributed by atoms with Crippen LogP contribution in [0, 0.1) is 11.3 Å². The van der Waals surface area contributed by atoms with E-state index in [1.807, 2.05) is 6.07 Å². The predicted molar refractivity (Wildman–Crippen MR) is 63.5 cm³/mol. The molecule has 0 unspecified atom stereocenters. The molecular weight excluding hydrogens is 222 g/mol. The zero-order valence-corrected chi connectivity index (χ0v) is 10.5. The van der Waals surface area contributed by atoms with Crippen molar-refractivity contribution in [2.45, 2.75) is 31.3 Å². The number of hydrogen-bond acceptors (Lipinski definition) is 3. The summed E-state index contributed by atoms with van der Waals surface area (Å²) in [5.41, 5.74) is 1.26. The largest absolute Gasteiger partial charge is 0.228 e. The summed E-state index contributed by atoms with van der Waals surface area (Å²) in [5.74, 6) is 0.0161. The fourth-order valence-corrected chi connectivity index (χ4v) is 2.18. The lowest BCUT2D eigenvalue weighted by atomic mass is 10.2. The van der Waals surface area contributed by atoms with Gasteiger partial charge in [0.05, 0.1) is 22.1 Å².